The summed E-state index contributed by atoms with van der Waals surface area (Å²) in [4.78, 5) is 41.5. The van der Waals surface area contributed by atoms with Crippen molar-refractivity contribution >= 4 is 44.8 Å². The highest BCUT2D eigenvalue weighted by atomic mass is 35.5. The lowest BCUT2D eigenvalue weighted by atomic mass is 10.0. The number of nitrogens with zero attached hydrogens (tertiary/aromatic N) is 2. The Labute approximate surface area is 249 Å². The number of piperazine rings is 1. The van der Waals surface area contributed by atoms with Crippen LogP contribution in [0.5, 0.6) is 5.75 Å². The summed E-state index contributed by atoms with van der Waals surface area (Å²) in [5, 5.41) is 17.9. The van der Waals surface area contributed by atoms with E-state index < -0.39 is 43.3 Å². The van der Waals surface area contributed by atoms with E-state index in [2.05, 4.69) is 10.6 Å². The van der Waals surface area contributed by atoms with E-state index in [1.807, 2.05) is 13.8 Å². The van der Waals surface area contributed by atoms with Gasteiger partial charge in [0.05, 0.1) is 29.0 Å². The Hall–Kier alpha value is -2.91. The maximum atomic E-state index is 13.5. The van der Waals surface area contributed by atoms with Gasteiger partial charge in [0, 0.05) is 26.2 Å². The van der Waals surface area contributed by atoms with Crippen LogP contribution < -0.4 is 21.5 Å². The van der Waals surface area contributed by atoms with Crippen LogP contribution in [0, 0.1) is 0 Å². The number of halogens is 1. The summed E-state index contributed by atoms with van der Waals surface area (Å²) in [6.45, 7) is 8.97. The molecule has 2 aromatic rings. The van der Waals surface area contributed by atoms with Crippen LogP contribution in [0.3, 0.4) is 0 Å². The quantitative estimate of drug-likeness (QED) is 0.211. The molecular formula is C27H37ClN4O9S. The number of rotatable bonds is 9. The van der Waals surface area contributed by atoms with Gasteiger partial charge in [-0.25, -0.2) is 13.2 Å². The lowest BCUT2D eigenvalue weighted by Crippen LogP contribution is -2.49. The highest BCUT2D eigenvalue weighted by Crippen LogP contribution is 2.40. The van der Waals surface area contributed by atoms with E-state index in [1.165, 1.54) is 17.2 Å². The predicted octanol–water partition coefficient (Wildman–Crippen LogP) is 3.32. The third-order valence-electron chi connectivity index (χ3n) is 7.13. The minimum Gasteiger partial charge on any atom is -0.504 e. The van der Waals surface area contributed by atoms with Crippen LogP contribution in [-0.4, -0.2) is 79.1 Å². The van der Waals surface area contributed by atoms with Gasteiger partial charge in [-0.15, -0.1) is 5.06 Å². The number of phenolic OH excluding ortho intramolecular Hbond substituents is 1. The van der Waals surface area contributed by atoms with Crippen molar-refractivity contribution in [2.45, 2.75) is 82.6 Å². The number of sulfonamides is 1. The Morgan fingerprint density at radius 3 is 2.36 bits per heavy atom. The highest BCUT2D eigenvalue weighted by Gasteiger charge is 2.36. The molecular weight excluding hydrogens is 592 g/mol. The summed E-state index contributed by atoms with van der Waals surface area (Å²) in [7, 11) is -4.32. The van der Waals surface area contributed by atoms with Gasteiger partial charge in [-0.05, 0) is 59.1 Å². The van der Waals surface area contributed by atoms with Gasteiger partial charge in [0.1, 0.15) is 21.9 Å². The molecule has 42 heavy (non-hydrogen) atoms. The first-order chi connectivity index (χ1) is 19.6. The Bertz CT molecular complexity index is 1490. The van der Waals surface area contributed by atoms with Crippen molar-refractivity contribution in [3.63, 3.8) is 0 Å². The number of hydrogen-bond donors (Lipinski definition) is 3. The first-order valence-corrected chi connectivity index (χ1v) is 15.6. The first-order valence-electron chi connectivity index (χ1n) is 13.8. The molecule has 2 heterocycles. The van der Waals surface area contributed by atoms with Gasteiger partial charge in [0.15, 0.2) is 5.75 Å². The molecule has 2 aliphatic rings. The van der Waals surface area contributed by atoms with Crippen LogP contribution in [0.4, 0.5) is 21.9 Å². The molecule has 3 atom stereocenters. The molecule has 0 unspecified atom stereocenters. The summed E-state index contributed by atoms with van der Waals surface area (Å²) < 4.78 is 39.2. The lowest BCUT2D eigenvalue weighted by molar-refractivity contribution is -0.152. The van der Waals surface area contributed by atoms with Crippen LogP contribution in [0.1, 0.15) is 53.9 Å². The van der Waals surface area contributed by atoms with Crippen molar-refractivity contribution in [1.82, 2.24) is 9.37 Å². The molecule has 15 heteroatoms. The Morgan fingerprint density at radius 1 is 1.14 bits per heavy atom. The Balaban J connectivity index is 1.50. The van der Waals surface area contributed by atoms with Crippen LogP contribution in [0.15, 0.2) is 26.6 Å². The third kappa shape index (κ3) is 6.83. The molecule has 0 aliphatic carbocycles. The number of ether oxygens (including phenoxy) is 2. The highest BCUT2D eigenvalue weighted by molar-refractivity contribution is 7.89. The number of anilines is 3. The van der Waals surface area contributed by atoms with Crippen LogP contribution in [0.25, 0.3) is 0 Å². The maximum Gasteiger partial charge on any atom is 0.528 e. The topological polar surface area (TPSA) is 164 Å². The van der Waals surface area contributed by atoms with E-state index in [9.17, 15) is 27.9 Å². The van der Waals surface area contributed by atoms with E-state index in [-0.39, 0.29) is 66.5 Å². The molecule has 2 aromatic carbocycles. The zero-order chi connectivity index (χ0) is 31.0. The van der Waals surface area contributed by atoms with Gasteiger partial charge in [0.2, 0.25) is 10.0 Å². The van der Waals surface area contributed by atoms with Gasteiger partial charge in [0.25, 0.3) is 10.9 Å². The minimum atomic E-state index is -4.32. The normalized spacial score (nSPS) is 21.3. The molecule has 2 aliphatic heterocycles. The number of phenols is 1. The molecule has 0 radical (unpaired) electrons. The van der Waals surface area contributed by atoms with Gasteiger partial charge in [-0.1, -0.05) is 18.5 Å². The zero-order valence-corrected chi connectivity index (χ0v) is 25.8. The van der Waals surface area contributed by atoms with Crippen LogP contribution in [-0.2, 0) is 24.3 Å². The molecule has 3 N–H and O–H groups in total. The third-order valence-corrected chi connectivity index (χ3v) is 9.53. The average molecular weight is 629 g/mol. The first kappa shape index (κ1) is 32.0. The van der Waals surface area contributed by atoms with Crippen molar-refractivity contribution in [3.8, 4) is 5.75 Å². The van der Waals surface area contributed by atoms with Gasteiger partial charge in [-0.2, -0.15) is 4.31 Å². The number of aromatic hydroxyl groups is 1. The second-order valence-corrected chi connectivity index (χ2v) is 13.7. The molecule has 232 valence electrons. The molecule has 0 bridgehead atoms. The number of benzene rings is 1. The monoisotopic (exact) mass is 628 g/mol. The van der Waals surface area contributed by atoms with E-state index >= 15 is 0 Å². The SMILES string of the molecule is CC[C@@H](Nc1c(Nc2ccc(Cl)c(S(=O)(=O)N3CCN(OC(=O)OC(C)(C)C)CC3)c2O)c(=O)c1=O)[C@H]1CC[C@@H](C)O1. The molecule has 0 saturated carbocycles. The zero-order valence-electron chi connectivity index (χ0n) is 24.2. The number of nitrogens with one attached hydrogen (secondary N) is 2. The fraction of sp³-hybridized carbons (Fsp3) is 0.593. The van der Waals surface area contributed by atoms with E-state index in [0.29, 0.717) is 6.42 Å². The maximum absolute atomic E-state index is 13.5. The molecule has 4 rings (SSSR count). The fourth-order valence-electron chi connectivity index (χ4n) is 4.95. The second kappa shape index (κ2) is 12.4. The Morgan fingerprint density at radius 2 is 1.79 bits per heavy atom. The van der Waals surface area contributed by atoms with E-state index in [1.54, 1.807) is 20.8 Å². The number of hydroxylamine groups is 2. The number of carbonyl (C=O) groups is 1. The molecule has 0 aromatic heterocycles. The minimum absolute atomic E-state index is 0.0508. The number of carbonyl (C=O) groups excluding carboxylic acids is 1. The van der Waals surface area contributed by atoms with E-state index in [4.69, 9.17) is 25.9 Å². The van der Waals surface area contributed by atoms with Crippen molar-refractivity contribution < 1.29 is 32.6 Å². The van der Waals surface area contributed by atoms with Gasteiger partial charge in [-0.3, -0.25) is 9.59 Å². The second-order valence-electron chi connectivity index (χ2n) is 11.4. The van der Waals surface area contributed by atoms with Crippen molar-refractivity contribution in [1.29, 1.82) is 0 Å². The molecule has 13 nitrogen and oxygen atoms in total. The van der Waals surface area contributed by atoms with Crippen molar-refractivity contribution in [3.05, 3.63) is 37.6 Å². The summed E-state index contributed by atoms with van der Waals surface area (Å²) >= 11 is 6.25. The van der Waals surface area contributed by atoms with Gasteiger partial charge < -0.3 is 30.1 Å². The molecule has 0 amide bonds. The smallest absolute Gasteiger partial charge is 0.504 e. The van der Waals surface area contributed by atoms with Crippen molar-refractivity contribution in [2.24, 2.45) is 0 Å². The van der Waals surface area contributed by atoms with Crippen LogP contribution >= 0.6 is 11.6 Å². The molecule has 0 spiro atoms. The Kier molecular flexibility index (Phi) is 9.43. The largest absolute Gasteiger partial charge is 0.528 e. The standard InChI is InChI=1S/C27H37ClN4O9S/c1-6-17(19-10-7-15(2)39-19)29-20-21(24(35)23(20)34)30-18-9-8-16(28)25(22(18)33)42(37,38)32-13-11-31(12-14-32)41-26(36)40-27(3,4)5/h8-9,15,17,19,29-30,33H,6-7,10-14H2,1-5H3/t15-,17-,19-/m1/s1. The molecule has 2 saturated heterocycles. The molecule has 2 fully saturated rings. The van der Waals surface area contributed by atoms with Crippen molar-refractivity contribution in [2.75, 3.05) is 36.8 Å². The average Bonchev–Trinajstić information content (AvgIpc) is 3.34. The van der Waals surface area contributed by atoms with E-state index in [0.717, 1.165) is 17.1 Å². The predicted molar refractivity (Wildman–Crippen MR) is 157 cm³/mol. The van der Waals surface area contributed by atoms with Crippen LogP contribution in [0.2, 0.25) is 5.02 Å². The summed E-state index contributed by atoms with van der Waals surface area (Å²) in [5.74, 6) is -0.700. The lowest BCUT2D eigenvalue weighted by Gasteiger charge is -2.33. The summed E-state index contributed by atoms with van der Waals surface area (Å²) in [5.41, 5.74) is -2.41. The number of hydrogen-bond acceptors (Lipinski definition) is 12. The van der Waals surface area contributed by atoms with Gasteiger partial charge >= 0.3 is 6.16 Å². The fourth-order valence-corrected chi connectivity index (χ4v) is 6.97. The summed E-state index contributed by atoms with van der Waals surface area (Å²) in [6.07, 6.45) is 1.41. The summed E-state index contributed by atoms with van der Waals surface area (Å²) in [6, 6.07) is 2.38.